The fourth-order valence-electron chi connectivity index (χ4n) is 5.18. The van der Waals surface area contributed by atoms with E-state index in [-0.39, 0.29) is 5.60 Å². The van der Waals surface area contributed by atoms with Gasteiger partial charge in [-0.1, -0.05) is 53.4 Å². The lowest BCUT2D eigenvalue weighted by atomic mass is 9.83. The lowest BCUT2D eigenvalue weighted by Gasteiger charge is -2.38. The molecule has 0 radical (unpaired) electrons. The first kappa shape index (κ1) is 24.1. The van der Waals surface area contributed by atoms with Crippen molar-refractivity contribution in [3.8, 4) is 11.5 Å². The van der Waals surface area contributed by atoms with Crippen LogP contribution >= 0.6 is 0 Å². The molecule has 0 bridgehead atoms. The summed E-state index contributed by atoms with van der Waals surface area (Å²) in [5, 5.41) is 10.4. The van der Waals surface area contributed by atoms with E-state index in [0.29, 0.717) is 5.75 Å². The summed E-state index contributed by atoms with van der Waals surface area (Å²) in [7, 11) is 0. The van der Waals surface area contributed by atoms with Crippen LogP contribution in [0.2, 0.25) is 0 Å². The van der Waals surface area contributed by atoms with E-state index in [1.807, 2.05) is 13.8 Å². The molecular weight excluding hydrogens is 356 g/mol. The Labute approximate surface area is 180 Å². The van der Waals surface area contributed by atoms with Crippen LogP contribution in [0.3, 0.4) is 0 Å². The van der Waals surface area contributed by atoms with Gasteiger partial charge in [-0.25, -0.2) is 0 Å². The molecule has 0 aliphatic carbocycles. The molecule has 1 heterocycles. The lowest BCUT2D eigenvalue weighted by Crippen LogP contribution is -2.37. The molecular formula is C27H46O2. The Morgan fingerprint density at radius 1 is 0.897 bits per heavy atom. The second-order valence-electron chi connectivity index (χ2n) is 10.7. The molecule has 1 aliphatic heterocycles. The first-order chi connectivity index (χ1) is 13.5. The van der Waals surface area contributed by atoms with Crippen molar-refractivity contribution in [1.82, 2.24) is 0 Å². The lowest BCUT2D eigenvalue weighted by molar-refractivity contribution is 0.0512. The van der Waals surface area contributed by atoms with Gasteiger partial charge in [-0.15, -0.1) is 0 Å². The molecule has 0 amide bonds. The van der Waals surface area contributed by atoms with Gasteiger partial charge in [0.15, 0.2) is 0 Å². The zero-order chi connectivity index (χ0) is 21.8. The maximum Gasteiger partial charge on any atom is 0.127 e. The van der Waals surface area contributed by atoms with Crippen molar-refractivity contribution in [2.24, 2.45) is 17.8 Å². The van der Waals surface area contributed by atoms with E-state index in [2.05, 4.69) is 41.5 Å². The Kier molecular flexibility index (Phi) is 8.49. The molecule has 1 aromatic rings. The summed E-state index contributed by atoms with van der Waals surface area (Å²) in [6, 6.07) is 0. The molecule has 1 N–H and O–H groups in total. The third-order valence-electron chi connectivity index (χ3n) is 7.26. The number of benzene rings is 1. The average Bonchev–Trinajstić information content (AvgIpc) is 2.64. The van der Waals surface area contributed by atoms with Crippen LogP contribution in [0.5, 0.6) is 11.5 Å². The number of hydrogen-bond donors (Lipinski definition) is 1. The first-order valence-corrected chi connectivity index (χ1v) is 12.0. The monoisotopic (exact) mass is 402 g/mol. The minimum absolute atomic E-state index is 0.0703. The van der Waals surface area contributed by atoms with Crippen LogP contribution in [0.15, 0.2) is 0 Å². The van der Waals surface area contributed by atoms with Crippen molar-refractivity contribution < 1.29 is 9.84 Å². The van der Waals surface area contributed by atoms with Gasteiger partial charge in [0.05, 0.1) is 0 Å². The second-order valence-corrected chi connectivity index (χ2v) is 10.7. The van der Waals surface area contributed by atoms with E-state index in [9.17, 15) is 5.11 Å². The summed E-state index contributed by atoms with van der Waals surface area (Å²) < 4.78 is 6.59. The molecule has 1 aromatic carbocycles. The highest BCUT2D eigenvalue weighted by Gasteiger charge is 2.34. The highest BCUT2D eigenvalue weighted by molar-refractivity contribution is 5.58. The van der Waals surface area contributed by atoms with Crippen molar-refractivity contribution in [3.63, 3.8) is 0 Å². The predicted octanol–water partition coefficient (Wildman–Crippen LogP) is 8.06. The quantitative estimate of drug-likeness (QED) is 0.429. The highest BCUT2D eigenvalue weighted by atomic mass is 16.5. The zero-order valence-electron chi connectivity index (χ0n) is 20.5. The molecule has 29 heavy (non-hydrogen) atoms. The Morgan fingerprint density at radius 3 is 2.17 bits per heavy atom. The summed E-state index contributed by atoms with van der Waals surface area (Å²) in [6.07, 6.45) is 11.2. The smallest absolute Gasteiger partial charge is 0.127 e. The van der Waals surface area contributed by atoms with E-state index < -0.39 is 0 Å². The van der Waals surface area contributed by atoms with E-state index in [1.165, 1.54) is 44.1 Å². The average molecular weight is 403 g/mol. The third-order valence-corrected chi connectivity index (χ3v) is 7.26. The molecule has 0 unspecified atom stereocenters. The van der Waals surface area contributed by atoms with Crippen LogP contribution in [-0.4, -0.2) is 10.7 Å². The number of phenolic OH excluding ortho intramolecular Hbond substituents is 1. The standard InChI is InChI=1S/C27H46O2/c1-18(2)17-20(4)12-9-11-19(3)13-10-15-27(8)16-14-24-23(7)25(28)21(5)22(6)26(24)29-27/h18-20,28H,9-17H2,1-8H3/t19-,20+,27-/m1/s1. The number of phenols is 1. The molecule has 2 rings (SSSR count). The van der Waals surface area contributed by atoms with Gasteiger partial charge in [0, 0.05) is 5.56 Å². The molecule has 0 spiro atoms. The first-order valence-electron chi connectivity index (χ1n) is 12.0. The number of fused-ring (bicyclic) bond motifs is 1. The number of aromatic hydroxyl groups is 1. The van der Waals surface area contributed by atoms with Gasteiger partial charge in [-0.3, -0.25) is 0 Å². The summed E-state index contributed by atoms with van der Waals surface area (Å²) >= 11 is 0. The Bertz CT molecular complexity index is 676. The summed E-state index contributed by atoms with van der Waals surface area (Å²) in [4.78, 5) is 0. The number of hydrogen-bond acceptors (Lipinski definition) is 2. The van der Waals surface area contributed by atoms with Crippen LogP contribution in [-0.2, 0) is 6.42 Å². The predicted molar refractivity (Wildman–Crippen MR) is 125 cm³/mol. The minimum Gasteiger partial charge on any atom is -0.507 e. The van der Waals surface area contributed by atoms with Gasteiger partial charge in [0.1, 0.15) is 17.1 Å². The maximum absolute atomic E-state index is 10.4. The van der Waals surface area contributed by atoms with E-state index in [0.717, 1.165) is 59.5 Å². The van der Waals surface area contributed by atoms with Gasteiger partial charge < -0.3 is 9.84 Å². The van der Waals surface area contributed by atoms with Gasteiger partial charge in [-0.05, 0) is 94.2 Å². The molecule has 0 fully saturated rings. The summed E-state index contributed by atoms with van der Waals surface area (Å²) in [5.41, 5.74) is 4.22. The number of rotatable bonds is 10. The molecule has 1 aliphatic rings. The van der Waals surface area contributed by atoms with Gasteiger partial charge in [0.2, 0.25) is 0 Å². The molecule has 166 valence electrons. The van der Waals surface area contributed by atoms with Crippen molar-refractivity contribution in [3.05, 3.63) is 22.3 Å². The minimum atomic E-state index is -0.0703. The zero-order valence-corrected chi connectivity index (χ0v) is 20.5. The van der Waals surface area contributed by atoms with Crippen LogP contribution in [0.25, 0.3) is 0 Å². The topological polar surface area (TPSA) is 29.5 Å². The van der Waals surface area contributed by atoms with Crippen molar-refractivity contribution in [2.75, 3.05) is 0 Å². The largest absolute Gasteiger partial charge is 0.507 e. The molecule has 0 aromatic heterocycles. The molecule has 0 saturated carbocycles. The Morgan fingerprint density at radius 2 is 1.52 bits per heavy atom. The molecule has 2 heteroatoms. The van der Waals surface area contributed by atoms with Crippen molar-refractivity contribution in [1.29, 1.82) is 0 Å². The fourth-order valence-corrected chi connectivity index (χ4v) is 5.18. The van der Waals surface area contributed by atoms with Crippen LogP contribution < -0.4 is 4.74 Å². The highest BCUT2D eigenvalue weighted by Crippen LogP contribution is 2.44. The van der Waals surface area contributed by atoms with Crippen LogP contribution in [0.1, 0.15) is 108 Å². The fraction of sp³-hybridized carbons (Fsp3) is 0.778. The van der Waals surface area contributed by atoms with Crippen LogP contribution in [0.4, 0.5) is 0 Å². The second kappa shape index (κ2) is 10.2. The Balaban J connectivity index is 1.82. The Hall–Kier alpha value is -1.18. The normalized spacial score (nSPS) is 21.0. The molecule has 0 saturated heterocycles. The van der Waals surface area contributed by atoms with E-state index in [4.69, 9.17) is 4.74 Å². The summed E-state index contributed by atoms with van der Waals surface area (Å²) in [6.45, 7) is 17.9. The van der Waals surface area contributed by atoms with Crippen LogP contribution in [0, 0.1) is 38.5 Å². The maximum atomic E-state index is 10.4. The van der Waals surface area contributed by atoms with Gasteiger partial charge >= 0.3 is 0 Å². The van der Waals surface area contributed by atoms with E-state index >= 15 is 0 Å². The van der Waals surface area contributed by atoms with Crippen molar-refractivity contribution in [2.45, 2.75) is 119 Å². The van der Waals surface area contributed by atoms with E-state index in [1.54, 1.807) is 0 Å². The SMILES string of the molecule is Cc1c(C)c2c(c(C)c1O)CC[C@@](C)(CCC[C@H](C)CCC[C@H](C)CC(C)C)O2. The van der Waals surface area contributed by atoms with Gasteiger partial charge in [0.25, 0.3) is 0 Å². The number of ether oxygens (including phenoxy) is 1. The molecule has 3 atom stereocenters. The van der Waals surface area contributed by atoms with Gasteiger partial charge in [-0.2, -0.15) is 0 Å². The summed E-state index contributed by atoms with van der Waals surface area (Å²) in [5.74, 6) is 3.99. The van der Waals surface area contributed by atoms with Crippen molar-refractivity contribution >= 4 is 0 Å². The third kappa shape index (κ3) is 6.40. The molecule has 2 nitrogen and oxygen atoms in total.